The zero-order valence-corrected chi connectivity index (χ0v) is 13.6. The fourth-order valence-corrected chi connectivity index (χ4v) is 3.42. The van der Waals surface area contributed by atoms with E-state index in [0.717, 1.165) is 32.4 Å². The molecule has 2 aliphatic rings. The van der Waals surface area contributed by atoms with Crippen LogP contribution in [0.25, 0.3) is 0 Å². The molecule has 0 atom stereocenters. The monoisotopic (exact) mass is 346 g/mol. The Bertz CT molecular complexity index is 541. The molecule has 1 amide bonds. The van der Waals surface area contributed by atoms with E-state index in [-0.39, 0.29) is 29.6 Å². The van der Waals surface area contributed by atoms with Crippen molar-refractivity contribution in [2.45, 2.75) is 25.9 Å². The summed E-state index contributed by atoms with van der Waals surface area (Å²) < 4.78 is 29.4. The number of halogens is 3. The minimum Gasteiger partial charge on any atom is -0.434 e. The lowest BCUT2D eigenvalue weighted by Crippen LogP contribution is -2.44. The molecular formula is C16H21ClF2N2O2. The predicted molar refractivity (Wildman–Crippen MR) is 85.4 cm³/mol. The van der Waals surface area contributed by atoms with Crippen LogP contribution in [-0.2, 0) is 0 Å². The van der Waals surface area contributed by atoms with Gasteiger partial charge in [-0.2, -0.15) is 8.78 Å². The Morgan fingerprint density at radius 2 is 1.91 bits per heavy atom. The Labute approximate surface area is 140 Å². The fraction of sp³-hybridized carbons (Fsp3) is 0.562. The van der Waals surface area contributed by atoms with Crippen LogP contribution < -0.4 is 10.1 Å². The van der Waals surface area contributed by atoms with E-state index in [4.69, 9.17) is 0 Å². The Morgan fingerprint density at radius 3 is 2.52 bits per heavy atom. The van der Waals surface area contributed by atoms with Gasteiger partial charge in [0.2, 0.25) is 0 Å². The molecule has 1 aromatic rings. The molecule has 0 aliphatic carbocycles. The molecule has 7 heteroatoms. The summed E-state index contributed by atoms with van der Waals surface area (Å²) >= 11 is 0. The fourth-order valence-electron chi connectivity index (χ4n) is 3.42. The number of piperidine rings is 1. The minimum absolute atomic E-state index is 0. The van der Waals surface area contributed by atoms with Crippen molar-refractivity contribution in [2.75, 3.05) is 26.2 Å². The number of likely N-dealkylation sites (tertiary alicyclic amines) is 1. The first-order chi connectivity index (χ1) is 10.6. The minimum atomic E-state index is -2.93. The number of carbonyl (C=O) groups is 1. The molecule has 2 aliphatic heterocycles. The largest absolute Gasteiger partial charge is 0.434 e. The molecule has 0 saturated carbocycles. The summed E-state index contributed by atoms with van der Waals surface area (Å²) in [5.74, 6) is -0.276. The SMILES string of the molecule is Cl.O=C(c1ccccc1OC(F)F)N1CCC2(CCNC2)CC1. The maximum Gasteiger partial charge on any atom is 0.387 e. The molecule has 1 aromatic carbocycles. The lowest BCUT2D eigenvalue weighted by atomic mass is 9.78. The first-order valence-electron chi connectivity index (χ1n) is 7.64. The van der Waals surface area contributed by atoms with Gasteiger partial charge in [0.25, 0.3) is 5.91 Å². The molecule has 2 saturated heterocycles. The molecule has 23 heavy (non-hydrogen) atoms. The molecule has 0 aromatic heterocycles. The Hall–Kier alpha value is -1.40. The summed E-state index contributed by atoms with van der Waals surface area (Å²) in [7, 11) is 0. The Kier molecular flexibility index (Phi) is 5.81. The van der Waals surface area contributed by atoms with Gasteiger partial charge in [0.05, 0.1) is 5.56 Å². The number of benzene rings is 1. The van der Waals surface area contributed by atoms with Crippen molar-refractivity contribution in [3.63, 3.8) is 0 Å². The van der Waals surface area contributed by atoms with Gasteiger partial charge < -0.3 is 15.0 Å². The smallest absolute Gasteiger partial charge is 0.387 e. The van der Waals surface area contributed by atoms with E-state index in [0.29, 0.717) is 18.5 Å². The second-order valence-corrected chi connectivity index (χ2v) is 6.09. The highest BCUT2D eigenvalue weighted by Crippen LogP contribution is 2.37. The second kappa shape index (κ2) is 7.45. The summed E-state index contributed by atoms with van der Waals surface area (Å²) in [4.78, 5) is 14.3. The lowest BCUT2D eigenvalue weighted by Gasteiger charge is -2.39. The number of nitrogens with one attached hydrogen (secondary N) is 1. The molecule has 1 spiro atoms. The average Bonchev–Trinajstić information content (AvgIpc) is 2.96. The van der Waals surface area contributed by atoms with Crippen LogP contribution in [0.5, 0.6) is 5.75 Å². The molecule has 4 nitrogen and oxygen atoms in total. The van der Waals surface area contributed by atoms with Gasteiger partial charge in [-0.1, -0.05) is 12.1 Å². The van der Waals surface area contributed by atoms with Gasteiger partial charge in [-0.25, -0.2) is 0 Å². The number of para-hydroxylation sites is 1. The molecule has 3 rings (SSSR count). The number of nitrogens with zero attached hydrogens (tertiary/aromatic N) is 1. The standard InChI is InChI=1S/C16H20F2N2O2.ClH/c17-15(18)22-13-4-2-1-3-12(13)14(21)20-9-6-16(7-10-20)5-8-19-11-16;/h1-4,15,19H,5-11H2;1H. The number of amides is 1. The van der Waals surface area contributed by atoms with Crippen molar-refractivity contribution in [3.8, 4) is 5.75 Å². The van der Waals surface area contributed by atoms with Crippen LogP contribution in [0.4, 0.5) is 8.78 Å². The molecule has 2 fully saturated rings. The average molecular weight is 347 g/mol. The van der Waals surface area contributed by atoms with Crippen LogP contribution in [0, 0.1) is 5.41 Å². The quantitative estimate of drug-likeness (QED) is 0.915. The first kappa shape index (κ1) is 17.9. The highest BCUT2D eigenvalue weighted by Gasteiger charge is 2.38. The zero-order chi connectivity index (χ0) is 15.6. The van der Waals surface area contributed by atoms with Crippen molar-refractivity contribution >= 4 is 18.3 Å². The number of hydrogen-bond acceptors (Lipinski definition) is 3. The topological polar surface area (TPSA) is 41.6 Å². The van der Waals surface area contributed by atoms with Crippen molar-refractivity contribution < 1.29 is 18.3 Å². The summed E-state index contributed by atoms with van der Waals surface area (Å²) in [5, 5.41) is 3.38. The molecular weight excluding hydrogens is 326 g/mol. The molecule has 0 bridgehead atoms. The summed E-state index contributed by atoms with van der Waals surface area (Å²) in [5.41, 5.74) is 0.527. The van der Waals surface area contributed by atoms with E-state index in [1.54, 1.807) is 23.1 Å². The van der Waals surface area contributed by atoms with Gasteiger partial charge in [-0.05, 0) is 43.4 Å². The first-order valence-corrected chi connectivity index (χ1v) is 7.64. The normalized spacial score (nSPS) is 19.7. The highest BCUT2D eigenvalue weighted by atomic mass is 35.5. The molecule has 1 N–H and O–H groups in total. The summed E-state index contributed by atoms with van der Waals surface area (Å²) in [6.07, 6.45) is 3.08. The number of ether oxygens (including phenoxy) is 1. The van der Waals surface area contributed by atoms with E-state index < -0.39 is 6.61 Å². The van der Waals surface area contributed by atoms with E-state index in [1.807, 2.05) is 0 Å². The molecule has 0 unspecified atom stereocenters. The highest BCUT2D eigenvalue weighted by molar-refractivity contribution is 5.97. The number of carbonyl (C=O) groups excluding carboxylic acids is 1. The predicted octanol–water partition coefficient (Wildman–Crippen LogP) is 2.93. The lowest BCUT2D eigenvalue weighted by molar-refractivity contribution is -0.0503. The van der Waals surface area contributed by atoms with Crippen LogP contribution >= 0.6 is 12.4 Å². The van der Waals surface area contributed by atoms with Crippen molar-refractivity contribution in [1.29, 1.82) is 0 Å². The van der Waals surface area contributed by atoms with Crippen molar-refractivity contribution in [2.24, 2.45) is 5.41 Å². The van der Waals surface area contributed by atoms with Crippen LogP contribution in [0.3, 0.4) is 0 Å². The number of hydrogen-bond donors (Lipinski definition) is 1. The summed E-state index contributed by atoms with van der Waals surface area (Å²) in [6.45, 7) is 0.467. The van der Waals surface area contributed by atoms with E-state index >= 15 is 0 Å². The number of alkyl halides is 2. The van der Waals surface area contributed by atoms with Gasteiger partial charge in [-0.15, -0.1) is 12.4 Å². The third-order valence-electron chi connectivity index (χ3n) is 4.78. The van der Waals surface area contributed by atoms with E-state index in [2.05, 4.69) is 10.1 Å². The number of rotatable bonds is 3. The Balaban J connectivity index is 0.00000192. The van der Waals surface area contributed by atoms with Crippen LogP contribution in [0.2, 0.25) is 0 Å². The summed E-state index contributed by atoms with van der Waals surface area (Å²) in [6, 6.07) is 6.20. The maximum atomic E-state index is 12.6. The molecule has 2 heterocycles. The zero-order valence-electron chi connectivity index (χ0n) is 12.8. The van der Waals surface area contributed by atoms with Crippen molar-refractivity contribution in [1.82, 2.24) is 10.2 Å². The Morgan fingerprint density at radius 1 is 1.22 bits per heavy atom. The van der Waals surface area contributed by atoms with Crippen LogP contribution in [0.15, 0.2) is 24.3 Å². The van der Waals surface area contributed by atoms with Gasteiger partial charge in [0.1, 0.15) is 5.75 Å². The molecule has 128 valence electrons. The van der Waals surface area contributed by atoms with Gasteiger partial charge in [0.15, 0.2) is 0 Å². The maximum absolute atomic E-state index is 12.6. The third kappa shape index (κ3) is 3.93. The van der Waals surface area contributed by atoms with Crippen molar-refractivity contribution in [3.05, 3.63) is 29.8 Å². The van der Waals surface area contributed by atoms with Crippen LogP contribution in [0.1, 0.15) is 29.6 Å². The van der Waals surface area contributed by atoms with E-state index in [9.17, 15) is 13.6 Å². The van der Waals surface area contributed by atoms with Crippen LogP contribution in [-0.4, -0.2) is 43.6 Å². The van der Waals surface area contributed by atoms with Gasteiger partial charge in [-0.3, -0.25) is 4.79 Å². The van der Waals surface area contributed by atoms with Gasteiger partial charge >= 0.3 is 6.61 Å². The van der Waals surface area contributed by atoms with E-state index in [1.165, 1.54) is 6.07 Å². The third-order valence-corrected chi connectivity index (χ3v) is 4.78. The molecule has 0 radical (unpaired) electrons. The second-order valence-electron chi connectivity index (χ2n) is 6.09. The van der Waals surface area contributed by atoms with Gasteiger partial charge in [0, 0.05) is 19.6 Å².